The Labute approximate surface area is 140 Å². The number of carboxylic acids is 1. The maximum Gasteiger partial charge on any atom is 0.345 e. The van der Waals surface area contributed by atoms with Crippen LogP contribution >= 0.6 is 11.3 Å². The van der Waals surface area contributed by atoms with Gasteiger partial charge in [-0.15, -0.1) is 11.3 Å². The van der Waals surface area contributed by atoms with E-state index in [1.807, 2.05) is 6.92 Å². The fourth-order valence-corrected chi connectivity index (χ4v) is 3.19. The normalized spacial score (nSPS) is 11.9. The summed E-state index contributed by atoms with van der Waals surface area (Å²) in [6.07, 6.45) is 1.34. The van der Waals surface area contributed by atoms with Gasteiger partial charge in [0.1, 0.15) is 4.88 Å². The SMILES string of the molecule is CCC(CC(=O)NCc1ccc(C(=O)O)s1)c1ccc(C)cc1. The van der Waals surface area contributed by atoms with E-state index in [2.05, 4.69) is 36.5 Å². The Morgan fingerprint density at radius 2 is 1.87 bits per heavy atom. The monoisotopic (exact) mass is 331 g/mol. The predicted molar refractivity (Wildman–Crippen MR) is 92.0 cm³/mol. The summed E-state index contributed by atoms with van der Waals surface area (Å²) in [5.74, 6) is -0.741. The molecule has 4 nitrogen and oxygen atoms in total. The van der Waals surface area contributed by atoms with E-state index in [0.29, 0.717) is 17.8 Å². The lowest BCUT2D eigenvalue weighted by atomic mass is 9.92. The molecule has 1 aromatic carbocycles. The number of carbonyl (C=O) groups is 2. The number of aryl methyl sites for hydroxylation is 1. The molecule has 0 saturated heterocycles. The first-order valence-electron chi connectivity index (χ1n) is 7.65. The topological polar surface area (TPSA) is 66.4 Å². The van der Waals surface area contributed by atoms with E-state index in [4.69, 9.17) is 5.11 Å². The maximum atomic E-state index is 12.1. The van der Waals surface area contributed by atoms with Crippen molar-refractivity contribution in [3.05, 3.63) is 57.3 Å². The lowest BCUT2D eigenvalue weighted by Crippen LogP contribution is -2.24. The van der Waals surface area contributed by atoms with Gasteiger partial charge in [0.15, 0.2) is 0 Å². The summed E-state index contributed by atoms with van der Waals surface area (Å²) in [6, 6.07) is 11.6. The lowest BCUT2D eigenvalue weighted by Gasteiger charge is -2.15. The van der Waals surface area contributed by atoms with Crippen LogP contribution in [0.1, 0.15) is 51.4 Å². The first-order valence-corrected chi connectivity index (χ1v) is 8.46. The molecular formula is C18H21NO3S. The molecule has 0 aliphatic rings. The quantitative estimate of drug-likeness (QED) is 0.807. The molecule has 5 heteroatoms. The van der Waals surface area contributed by atoms with Gasteiger partial charge in [-0.05, 0) is 37.0 Å². The van der Waals surface area contributed by atoms with E-state index in [1.54, 1.807) is 12.1 Å². The predicted octanol–water partition coefficient (Wildman–Crippen LogP) is 3.95. The number of amides is 1. The molecule has 1 heterocycles. The number of rotatable bonds is 7. The van der Waals surface area contributed by atoms with Gasteiger partial charge in [0.2, 0.25) is 5.91 Å². The summed E-state index contributed by atoms with van der Waals surface area (Å²) < 4.78 is 0. The van der Waals surface area contributed by atoms with Crippen molar-refractivity contribution >= 4 is 23.2 Å². The summed E-state index contributed by atoms with van der Waals surface area (Å²) in [7, 11) is 0. The van der Waals surface area contributed by atoms with Crippen molar-refractivity contribution in [1.29, 1.82) is 0 Å². The van der Waals surface area contributed by atoms with Gasteiger partial charge in [-0.25, -0.2) is 4.79 Å². The van der Waals surface area contributed by atoms with Gasteiger partial charge in [0.05, 0.1) is 6.54 Å². The highest BCUT2D eigenvalue weighted by Crippen LogP contribution is 2.23. The van der Waals surface area contributed by atoms with Gasteiger partial charge in [-0.2, -0.15) is 0 Å². The molecule has 0 bridgehead atoms. The number of benzene rings is 1. The Morgan fingerprint density at radius 3 is 2.43 bits per heavy atom. The Morgan fingerprint density at radius 1 is 1.17 bits per heavy atom. The van der Waals surface area contributed by atoms with E-state index in [9.17, 15) is 9.59 Å². The van der Waals surface area contributed by atoms with Crippen LogP contribution in [-0.4, -0.2) is 17.0 Å². The van der Waals surface area contributed by atoms with Crippen LogP contribution in [0.2, 0.25) is 0 Å². The van der Waals surface area contributed by atoms with Gasteiger partial charge in [0, 0.05) is 11.3 Å². The van der Waals surface area contributed by atoms with Gasteiger partial charge < -0.3 is 10.4 Å². The second-order valence-corrected chi connectivity index (χ2v) is 6.74. The highest BCUT2D eigenvalue weighted by atomic mass is 32.1. The van der Waals surface area contributed by atoms with Crippen LogP contribution < -0.4 is 5.32 Å². The van der Waals surface area contributed by atoms with Gasteiger partial charge in [0.25, 0.3) is 0 Å². The van der Waals surface area contributed by atoms with E-state index in [0.717, 1.165) is 11.3 Å². The van der Waals surface area contributed by atoms with Crippen LogP contribution in [0.4, 0.5) is 0 Å². The van der Waals surface area contributed by atoms with Crippen molar-refractivity contribution in [2.24, 2.45) is 0 Å². The first kappa shape index (κ1) is 17.2. The molecule has 1 amide bonds. The number of nitrogens with one attached hydrogen (secondary N) is 1. The Hall–Kier alpha value is -2.14. The summed E-state index contributed by atoms with van der Waals surface area (Å²) in [4.78, 5) is 24.1. The molecule has 122 valence electrons. The molecule has 1 atom stereocenters. The van der Waals surface area contributed by atoms with E-state index in [1.165, 1.54) is 22.5 Å². The van der Waals surface area contributed by atoms with Crippen molar-refractivity contribution in [2.75, 3.05) is 0 Å². The Kier molecular flexibility index (Phi) is 5.93. The van der Waals surface area contributed by atoms with Crippen molar-refractivity contribution in [1.82, 2.24) is 5.32 Å². The molecule has 0 saturated carbocycles. The third-order valence-electron chi connectivity index (χ3n) is 3.81. The van der Waals surface area contributed by atoms with Crippen molar-refractivity contribution in [3.8, 4) is 0 Å². The zero-order valence-electron chi connectivity index (χ0n) is 13.3. The number of carboxylic acid groups (broad SMARTS) is 1. The van der Waals surface area contributed by atoms with Crippen LogP contribution in [0.3, 0.4) is 0 Å². The zero-order valence-corrected chi connectivity index (χ0v) is 14.2. The van der Waals surface area contributed by atoms with Crippen LogP contribution in [0.15, 0.2) is 36.4 Å². The third-order valence-corrected chi connectivity index (χ3v) is 4.88. The molecule has 2 aromatic rings. The highest BCUT2D eigenvalue weighted by molar-refractivity contribution is 7.13. The fraction of sp³-hybridized carbons (Fsp3) is 0.333. The second-order valence-electron chi connectivity index (χ2n) is 5.57. The van der Waals surface area contributed by atoms with E-state index < -0.39 is 5.97 Å². The number of carbonyl (C=O) groups excluding carboxylic acids is 1. The molecule has 0 aliphatic heterocycles. The van der Waals surface area contributed by atoms with Crippen LogP contribution in [0.5, 0.6) is 0 Å². The summed E-state index contributed by atoms with van der Waals surface area (Å²) in [5, 5.41) is 11.8. The minimum Gasteiger partial charge on any atom is -0.477 e. The Bertz CT molecular complexity index is 676. The zero-order chi connectivity index (χ0) is 16.8. The summed E-state index contributed by atoms with van der Waals surface area (Å²) in [5.41, 5.74) is 2.39. The number of hydrogen-bond donors (Lipinski definition) is 2. The molecule has 0 fully saturated rings. The lowest BCUT2D eigenvalue weighted by molar-refractivity contribution is -0.121. The first-order chi connectivity index (χ1) is 11.0. The number of aromatic carboxylic acids is 1. The van der Waals surface area contributed by atoms with Crippen molar-refractivity contribution in [3.63, 3.8) is 0 Å². The molecule has 23 heavy (non-hydrogen) atoms. The van der Waals surface area contributed by atoms with E-state index in [-0.39, 0.29) is 11.8 Å². The Balaban J connectivity index is 1.89. The average molecular weight is 331 g/mol. The van der Waals surface area contributed by atoms with Gasteiger partial charge in [-0.3, -0.25) is 4.79 Å². The van der Waals surface area contributed by atoms with Crippen molar-refractivity contribution < 1.29 is 14.7 Å². The standard InChI is InChI=1S/C18H21NO3S/c1-3-13(14-6-4-12(2)5-7-14)10-17(20)19-11-15-8-9-16(23-15)18(21)22/h4-9,13H,3,10-11H2,1-2H3,(H,19,20)(H,21,22). The summed E-state index contributed by atoms with van der Waals surface area (Å²) in [6.45, 7) is 4.50. The molecule has 1 aromatic heterocycles. The molecule has 0 spiro atoms. The van der Waals surface area contributed by atoms with E-state index >= 15 is 0 Å². The third kappa shape index (κ3) is 4.93. The highest BCUT2D eigenvalue weighted by Gasteiger charge is 2.14. The number of hydrogen-bond acceptors (Lipinski definition) is 3. The minimum atomic E-state index is -0.932. The average Bonchev–Trinajstić information content (AvgIpc) is 3.01. The molecule has 0 aliphatic carbocycles. The smallest absolute Gasteiger partial charge is 0.345 e. The number of thiophene rings is 1. The molecule has 0 radical (unpaired) electrons. The molecule has 2 N–H and O–H groups in total. The fourth-order valence-electron chi connectivity index (χ4n) is 2.41. The van der Waals surface area contributed by atoms with Crippen LogP contribution in [0.25, 0.3) is 0 Å². The largest absolute Gasteiger partial charge is 0.477 e. The maximum absolute atomic E-state index is 12.1. The van der Waals surface area contributed by atoms with Gasteiger partial charge in [-0.1, -0.05) is 36.8 Å². The minimum absolute atomic E-state index is 0.0114. The molecule has 2 rings (SSSR count). The van der Waals surface area contributed by atoms with Gasteiger partial charge >= 0.3 is 5.97 Å². The molecular weight excluding hydrogens is 310 g/mol. The summed E-state index contributed by atoms with van der Waals surface area (Å²) >= 11 is 1.19. The molecule has 1 unspecified atom stereocenters. The van der Waals surface area contributed by atoms with Crippen LogP contribution in [-0.2, 0) is 11.3 Å². The second kappa shape index (κ2) is 7.92. The van der Waals surface area contributed by atoms with Crippen LogP contribution in [0, 0.1) is 6.92 Å². The van der Waals surface area contributed by atoms with Crippen molar-refractivity contribution in [2.45, 2.75) is 39.2 Å².